The maximum atomic E-state index is 12.8. The van der Waals surface area contributed by atoms with Gasteiger partial charge in [0.05, 0.1) is 0 Å². The molecule has 1 aliphatic heterocycles. The fourth-order valence-electron chi connectivity index (χ4n) is 3.79. The standard InChI is InChI=1S/C18H20F3N3O4/c1-23-16(27)24(15(26)17(23)8-3-2-4-9-17)11-14(25)22-12-6-5-7-13(10-12)28-18(19,20)21/h5-7,10H,2-4,8-9,11H2,1H3,(H,22,25). The maximum Gasteiger partial charge on any atom is 0.573 e. The summed E-state index contributed by atoms with van der Waals surface area (Å²) in [7, 11) is 1.56. The third kappa shape index (κ3) is 3.90. The zero-order chi connectivity index (χ0) is 20.5. The highest BCUT2D eigenvalue weighted by molar-refractivity contribution is 6.10. The van der Waals surface area contributed by atoms with Crippen molar-refractivity contribution in [1.82, 2.24) is 9.80 Å². The Hall–Kier alpha value is -2.78. The molecule has 28 heavy (non-hydrogen) atoms. The van der Waals surface area contributed by atoms with Gasteiger partial charge < -0.3 is 15.0 Å². The van der Waals surface area contributed by atoms with Gasteiger partial charge in [-0.25, -0.2) is 4.79 Å². The molecule has 0 bridgehead atoms. The minimum absolute atomic E-state index is 0.0616. The fraction of sp³-hybridized carbons (Fsp3) is 0.500. The number of alkyl halides is 3. The lowest BCUT2D eigenvalue weighted by molar-refractivity contribution is -0.274. The first-order chi connectivity index (χ1) is 13.1. The largest absolute Gasteiger partial charge is 0.573 e. The highest BCUT2D eigenvalue weighted by Gasteiger charge is 2.55. The summed E-state index contributed by atoms with van der Waals surface area (Å²) in [4.78, 5) is 39.9. The number of anilines is 1. The van der Waals surface area contributed by atoms with Crippen molar-refractivity contribution in [2.75, 3.05) is 18.9 Å². The SMILES string of the molecule is CN1C(=O)N(CC(=O)Nc2cccc(OC(F)(F)F)c2)C(=O)C12CCCCC2. The first kappa shape index (κ1) is 20.0. The van der Waals surface area contributed by atoms with Crippen LogP contribution in [0.3, 0.4) is 0 Å². The minimum Gasteiger partial charge on any atom is -0.406 e. The highest BCUT2D eigenvalue weighted by atomic mass is 19.4. The van der Waals surface area contributed by atoms with Crippen molar-refractivity contribution in [3.8, 4) is 5.75 Å². The number of rotatable bonds is 4. The van der Waals surface area contributed by atoms with Crippen LogP contribution in [0.1, 0.15) is 32.1 Å². The lowest BCUT2D eigenvalue weighted by Crippen LogP contribution is -2.49. The van der Waals surface area contributed by atoms with Crippen molar-refractivity contribution >= 4 is 23.5 Å². The van der Waals surface area contributed by atoms with Gasteiger partial charge in [0.2, 0.25) is 5.91 Å². The van der Waals surface area contributed by atoms with Crippen molar-refractivity contribution < 1.29 is 32.3 Å². The Labute approximate surface area is 159 Å². The number of benzene rings is 1. The summed E-state index contributed by atoms with van der Waals surface area (Å²) in [6.07, 6.45) is -1.08. The number of urea groups is 1. The van der Waals surface area contributed by atoms with Gasteiger partial charge >= 0.3 is 12.4 Å². The van der Waals surface area contributed by atoms with E-state index in [1.54, 1.807) is 7.05 Å². The zero-order valence-corrected chi connectivity index (χ0v) is 15.2. The van der Waals surface area contributed by atoms with Gasteiger partial charge in [-0.2, -0.15) is 0 Å². The molecule has 4 amide bonds. The Morgan fingerprint density at radius 2 is 1.89 bits per heavy atom. The molecule has 2 fully saturated rings. The number of carbonyl (C=O) groups is 3. The number of imide groups is 1. The van der Waals surface area contributed by atoms with Crippen molar-refractivity contribution in [3.05, 3.63) is 24.3 Å². The molecule has 3 rings (SSSR count). The van der Waals surface area contributed by atoms with E-state index in [0.29, 0.717) is 12.8 Å². The molecule has 0 unspecified atom stereocenters. The van der Waals surface area contributed by atoms with Crippen LogP contribution in [0.5, 0.6) is 5.75 Å². The summed E-state index contributed by atoms with van der Waals surface area (Å²) in [6.45, 7) is -0.506. The lowest BCUT2D eigenvalue weighted by atomic mass is 9.81. The summed E-state index contributed by atoms with van der Waals surface area (Å²) < 4.78 is 40.7. The second kappa shape index (κ2) is 7.33. The number of nitrogens with one attached hydrogen (secondary N) is 1. The molecule has 152 valence electrons. The Kier molecular flexibility index (Phi) is 5.22. The van der Waals surface area contributed by atoms with Crippen LogP contribution in [0, 0.1) is 0 Å². The predicted molar refractivity (Wildman–Crippen MR) is 92.4 cm³/mol. The summed E-state index contributed by atoms with van der Waals surface area (Å²) in [5.41, 5.74) is -0.831. The molecule has 1 aliphatic carbocycles. The Bertz CT molecular complexity index is 791. The lowest BCUT2D eigenvalue weighted by Gasteiger charge is -2.35. The van der Waals surface area contributed by atoms with Crippen LogP contribution in [0.15, 0.2) is 24.3 Å². The van der Waals surface area contributed by atoms with Gasteiger partial charge in [0, 0.05) is 18.8 Å². The number of amides is 4. The van der Waals surface area contributed by atoms with Gasteiger partial charge in [0.15, 0.2) is 0 Å². The number of hydrogen-bond donors (Lipinski definition) is 1. The molecule has 1 N–H and O–H groups in total. The number of hydrogen-bond acceptors (Lipinski definition) is 4. The molecule has 2 aliphatic rings. The molecule has 1 saturated heterocycles. The maximum absolute atomic E-state index is 12.8. The van der Waals surface area contributed by atoms with Crippen LogP contribution < -0.4 is 10.1 Å². The van der Waals surface area contributed by atoms with Gasteiger partial charge in [-0.3, -0.25) is 14.5 Å². The molecule has 0 aromatic heterocycles. The van der Waals surface area contributed by atoms with Crippen LogP contribution >= 0.6 is 0 Å². The zero-order valence-electron chi connectivity index (χ0n) is 15.2. The molecular formula is C18H20F3N3O4. The second-order valence-electron chi connectivity index (χ2n) is 6.95. The number of halogens is 3. The molecule has 1 heterocycles. The highest BCUT2D eigenvalue weighted by Crippen LogP contribution is 2.39. The first-order valence-electron chi connectivity index (χ1n) is 8.88. The Balaban J connectivity index is 1.67. The van der Waals surface area contributed by atoms with Gasteiger partial charge in [-0.15, -0.1) is 13.2 Å². The van der Waals surface area contributed by atoms with Crippen LogP contribution in [0.2, 0.25) is 0 Å². The Morgan fingerprint density at radius 1 is 1.21 bits per heavy atom. The number of nitrogens with zero attached hydrogens (tertiary/aromatic N) is 2. The molecule has 0 atom stereocenters. The van der Waals surface area contributed by atoms with Crippen molar-refractivity contribution in [1.29, 1.82) is 0 Å². The van der Waals surface area contributed by atoms with Crippen LogP contribution in [0.4, 0.5) is 23.7 Å². The van der Waals surface area contributed by atoms with E-state index in [0.717, 1.165) is 36.3 Å². The van der Waals surface area contributed by atoms with E-state index in [1.807, 2.05) is 0 Å². The van der Waals surface area contributed by atoms with E-state index < -0.39 is 42.0 Å². The molecule has 10 heteroatoms. The molecule has 7 nitrogen and oxygen atoms in total. The number of ether oxygens (including phenoxy) is 1. The smallest absolute Gasteiger partial charge is 0.406 e. The monoisotopic (exact) mass is 399 g/mol. The third-order valence-electron chi connectivity index (χ3n) is 5.14. The average molecular weight is 399 g/mol. The average Bonchev–Trinajstić information content (AvgIpc) is 2.78. The Morgan fingerprint density at radius 3 is 2.54 bits per heavy atom. The third-order valence-corrected chi connectivity index (χ3v) is 5.14. The number of carbonyl (C=O) groups excluding carboxylic acids is 3. The predicted octanol–water partition coefficient (Wildman–Crippen LogP) is 3.12. The van der Waals surface area contributed by atoms with Crippen molar-refractivity contribution in [3.63, 3.8) is 0 Å². The summed E-state index contributed by atoms with van der Waals surface area (Å²) >= 11 is 0. The second-order valence-corrected chi connectivity index (χ2v) is 6.95. The van der Waals surface area contributed by atoms with E-state index in [4.69, 9.17) is 0 Å². The van der Waals surface area contributed by atoms with Crippen LogP contribution in [-0.2, 0) is 9.59 Å². The van der Waals surface area contributed by atoms with Gasteiger partial charge in [-0.1, -0.05) is 25.3 Å². The molecule has 1 aromatic rings. The molecule has 1 saturated carbocycles. The topological polar surface area (TPSA) is 79.0 Å². The molecular weight excluding hydrogens is 379 g/mol. The van der Waals surface area contributed by atoms with E-state index in [2.05, 4.69) is 10.1 Å². The van der Waals surface area contributed by atoms with Crippen LogP contribution in [-0.4, -0.2) is 53.1 Å². The van der Waals surface area contributed by atoms with Gasteiger partial charge in [0.25, 0.3) is 5.91 Å². The van der Waals surface area contributed by atoms with E-state index >= 15 is 0 Å². The van der Waals surface area contributed by atoms with Crippen molar-refractivity contribution in [2.45, 2.75) is 44.0 Å². The molecule has 0 radical (unpaired) electrons. The van der Waals surface area contributed by atoms with Crippen molar-refractivity contribution in [2.24, 2.45) is 0 Å². The van der Waals surface area contributed by atoms with E-state index in [1.165, 1.54) is 17.0 Å². The first-order valence-corrected chi connectivity index (χ1v) is 8.88. The van der Waals surface area contributed by atoms with Gasteiger partial charge in [0.1, 0.15) is 17.8 Å². The summed E-state index contributed by atoms with van der Waals surface area (Å²) in [5, 5.41) is 2.39. The van der Waals surface area contributed by atoms with Gasteiger partial charge in [-0.05, 0) is 25.0 Å². The molecule has 1 spiro atoms. The minimum atomic E-state index is -4.85. The van der Waals surface area contributed by atoms with E-state index in [-0.39, 0.29) is 5.69 Å². The fourth-order valence-corrected chi connectivity index (χ4v) is 3.79. The summed E-state index contributed by atoms with van der Waals surface area (Å²) in [5.74, 6) is -1.57. The van der Waals surface area contributed by atoms with Crippen LogP contribution in [0.25, 0.3) is 0 Å². The molecule has 1 aromatic carbocycles. The number of likely N-dealkylation sites (N-methyl/N-ethyl adjacent to an activating group) is 1. The normalized spacial score (nSPS) is 19.3. The van der Waals surface area contributed by atoms with E-state index in [9.17, 15) is 27.6 Å². The quantitative estimate of drug-likeness (QED) is 0.789. The summed E-state index contributed by atoms with van der Waals surface area (Å²) in [6, 6.07) is 4.22.